The second kappa shape index (κ2) is 6.39. The van der Waals surface area contributed by atoms with E-state index in [2.05, 4.69) is 17.2 Å². The van der Waals surface area contributed by atoms with Gasteiger partial charge in [-0.05, 0) is 20.3 Å². The smallest absolute Gasteiger partial charge is 0.329 e. The lowest BCUT2D eigenvalue weighted by Gasteiger charge is -2.21. The molecular weight excluding hydrogens is 218 g/mol. The standard InChI is InChI=1S/C12H21N3O2/c1-5-9(3)14-11(12(16)17-4)10-7-13-8-15(10)6-2/h7-9,11,14H,5-6H2,1-4H3. The average molecular weight is 239 g/mol. The van der Waals surface area contributed by atoms with Crippen molar-refractivity contribution in [3.8, 4) is 0 Å². The van der Waals surface area contributed by atoms with Crippen LogP contribution in [0.2, 0.25) is 0 Å². The Labute approximate surface area is 102 Å². The van der Waals surface area contributed by atoms with E-state index in [1.54, 1.807) is 12.5 Å². The van der Waals surface area contributed by atoms with E-state index < -0.39 is 6.04 Å². The van der Waals surface area contributed by atoms with Gasteiger partial charge < -0.3 is 9.30 Å². The van der Waals surface area contributed by atoms with Crippen LogP contribution in [0, 0.1) is 0 Å². The number of hydrogen-bond donors (Lipinski definition) is 1. The molecule has 0 aliphatic rings. The van der Waals surface area contributed by atoms with Gasteiger partial charge in [-0.25, -0.2) is 9.78 Å². The van der Waals surface area contributed by atoms with Crippen molar-refractivity contribution in [3.63, 3.8) is 0 Å². The van der Waals surface area contributed by atoms with Crippen LogP contribution in [0.25, 0.3) is 0 Å². The highest BCUT2D eigenvalue weighted by atomic mass is 16.5. The predicted molar refractivity (Wildman–Crippen MR) is 65.5 cm³/mol. The van der Waals surface area contributed by atoms with Gasteiger partial charge in [0.25, 0.3) is 0 Å². The number of carbonyl (C=O) groups excluding carboxylic acids is 1. The summed E-state index contributed by atoms with van der Waals surface area (Å²) >= 11 is 0. The van der Waals surface area contributed by atoms with Gasteiger partial charge in [-0.1, -0.05) is 6.92 Å². The first kappa shape index (κ1) is 13.7. The number of nitrogens with one attached hydrogen (secondary N) is 1. The van der Waals surface area contributed by atoms with E-state index >= 15 is 0 Å². The van der Waals surface area contributed by atoms with E-state index in [1.165, 1.54) is 7.11 Å². The number of imidazole rings is 1. The van der Waals surface area contributed by atoms with Crippen LogP contribution >= 0.6 is 0 Å². The SMILES string of the molecule is CCC(C)NC(C(=O)OC)c1cncn1CC. The molecule has 1 aromatic heterocycles. The zero-order valence-electron chi connectivity index (χ0n) is 10.9. The Morgan fingerprint density at radius 1 is 1.59 bits per heavy atom. The molecule has 1 N–H and O–H groups in total. The van der Waals surface area contributed by atoms with Crippen LogP contribution in [-0.4, -0.2) is 28.7 Å². The molecule has 5 heteroatoms. The molecule has 0 radical (unpaired) electrons. The van der Waals surface area contributed by atoms with Crippen molar-refractivity contribution in [2.24, 2.45) is 0 Å². The Hall–Kier alpha value is -1.36. The summed E-state index contributed by atoms with van der Waals surface area (Å²) in [5.41, 5.74) is 0.847. The molecule has 0 saturated heterocycles. The van der Waals surface area contributed by atoms with Gasteiger partial charge in [0, 0.05) is 12.6 Å². The van der Waals surface area contributed by atoms with Crippen LogP contribution in [0.5, 0.6) is 0 Å². The van der Waals surface area contributed by atoms with E-state index in [0.29, 0.717) is 0 Å². The van der Waals surface area contributed by atoms with Crippen molar-refractivity contribution in [2.45, 2.75) is 45.8 Å². The van der Waals surface area contributed by atoms with Gasteiger partial charge in [0.15, 0.2) is 0 Å². The minimum absolute atomic E-state index is 0.249. The quantitative estimate of drug-likeness (QED) is 0.764. The first-order valence-corrected chi connectivity index (χ1v) is 5.97. The molecular formula is C12H21N3O2. The van der Waals surface area contributed by atoms with Gasteiger partial charge in [0.05, 0.1) is 25.3 Å². The molecule has 5 nitrogen and oxygen atoms in total. The summed E-state index contributed by atoms with van der Waals surface area (Å²) in [4.78, 5) is 15.9. The zero-order chi connectivity index (χ0) is 12.8. The maximum absolute atomic E-state index is 11.8. The van der Waals surface area contributed by atoms with Crippen molar-refractivity contribution in [1.29, 1.82) is 0 Å². The topological polar surface area (TPSA) is 56.1 Å². The monoisotopic (exact) mass is 239 g/mol. The van der Waals surface area contributed by atoms with Gasteiger partial charge in [-0.2, -0.15) is 0 Å². The third-order valence-corrected chi connectivity index (χ3v) is 2.88. The zero-order valence-corrected chi connectivity index (χ0v) is 10.9. The molecule has 0 spiro atoms. The van der Waals surface area contributed by atoms with Gasteiger partial charge in [0.1, 0.15) is 6.04 Å². The summed E-state index contributed by atoms with van der Waals surface area (Å²) in [6.07, 6.45) is 4.39. The predicted octanol–water partition coefficient (Wildman–Crippen LogP) is 1.51. The van der Waals surface area contributed by atoms with Crippen LogP contribution < -0.4 is 5.32 Å². The number of aromatic nitrogens is 2. The molecule has 1 heterocycles. The minimum Gasteiger partial charge on any atom is -0.468 e. The highest BCUT2D eigenvalue weighted by Crippen LogP contribution is 2.15. The Morgan fingerprint density at radius 2 is 2.29 bits per heavy atom. The van der Waals surface area contributed by atoms with E-state index in [0.717, 1.165) is 18.7 Å². The number of aryl methyl sites for hydroxylation is 1. The molecule has 0 bridgehead atoms. The molecule has 17 heavy (non-hydrogen) atoms. The average Bonchev–Trinajstić information content (AvgIpc) is 2.82. The van der Waals surface area contributed by atoms with E-state index in [1.807, 2.05) is 18.4 Å². The summed E-state index contributed by atoms with van der Waals surface area (Å²) in [7, 11) is 1.40. The van der Waals surface area contributed by atoms with Crippen molar-refractivity contribution in [2.75, 3.05) is 7.11 Å². The van der Waals surface area contributed by atoms with Crippen molar-refractivity contribution in [3.05, 3.63) is 18.2 Å². The van der Waals surface area contributed by atoms with Gasteiger partial charge in [-0.15, -0.1) is 0 Å². The number of nitrogens with zero attached hydrogens (tertiary/aromatic N) is 2. The molecule has 2 unspecified atom stereocenters. The number of hydrogen-bond acceptors (Lipinski definition) is 4. The Balaban J connectivity index is 2.93. The maximum atomic E-state index is 11.8. The highest BCUT2D eigenvalue weighted by molar-refractivity contribution is 5.77. The fraction of sp³-hybridized carbons (Fsp3) is 0.667. The number of esters is 1. The first-order valence-electron chi connectivity index (χ1n) is 5.97. The van der Waals surface area contributed by atoms with Crippen LogP contribution in [0.15, 0.2) is 12.5 Å². The number of rotatable bonds is 6. The largest absolute Gasteiger partial charge is 0.468 e. The molecule has 0 fully saturated rings. The second-order valence-electron chi connectivity index (χ2n) is 4.04. The Bertz CT molecular complexity index is 362. The van der Waals surface area contributed by atoms with Gasteiger partial charge in [0.2, 0.25) is 0 Å². The van der Waals surface area contributed by atoms with E-state index in [-0.39, 0.29) is 12.0 Å². The third kappa shape index (κ3) is 3.30. The summed E-state index contributed by atoms with van der Waals surface area (Å²) in [6, 6.07) is -0.197. The lowest BCUT2D eigenvalue weighted by molar-refractivity contribution is -0.143. The summed E-state index contributed by atoms with van der Waals surface area (Å²) in [6.45, 7) is 6.92. The van der Waals surface area contributed by atoms with Crippen LogP contribution in [0.1, 0.15) is 38.9 Å². The fourth-order valence-corrected chi connectivity index (χ4v) is 1.63. The first-order chi connectivity index (χ1) is 8.13. The molecule has 0 aliphatic carbocycles. The van der Waals surface area contributed by atoms with Gasteiger partial charge >= 0.3 is 5.97 Å². The van der Waals surface area contributed by atoms with E-state index in [9.17, 15) is 4.79 Å². The van der Waals surface area contributed by atoms with Crippen LogP contribution in [-0.2, 0) is 16.1 Å². The summed E-state index contributed by atoms with van der Waals surface area (Å²) in [5.74, 6) is -0.277. The van der Waals surface area contributed by atoms with Crippen molar-refractivity contribution < 1.29 is 9.53 Å². The summed E-state index contributed by atoms with van der Waals surface area (Å²) < 4.78 is 6.78. The number of carbonyl (C=O) groups is 1. The molecule has 0 aromatic carbocycles. The van der Waals surface area contributed by atoms with Crippen LogP contribution in [0.3, 0.4) is 0 Å². The minimum atomic E-state index is -0.447. The Morgan fingerprint density at radius 3 is 2.82 bits per heavy atom. The third-order valence-electron chi connectivity index (χ3n) is 2.88. The molecule has 1 rings (SSSR count). The van der Waals surface area contributed by atoms with Crippen molar-refractivity contribution >= 4 is 5.97 Å². The van der Waals surface area contributed by atoms with Crippen molar-refractivity contribution in [1.82, 2.24) is 14.9 Å². The lowest BCUT2D eigenvalue weighted by atomic mass is 10.1. The normalized spacial score (nSPS) is 14.4. The molecule has 96 valence electrons. The maximum Gasteiger partial charge on any atom is 0.329 e. The molecule has 2 atom stereocenters. The molecule has 0 amide bonds. The number of ether oxygens (including phenoxy) is 1. The highest BCUT2D eigenvalue weighted by Gasteiger charge is 2.25. The second-order valence-corrected chi connectivity index (χ2v) is 4.04. The molecule has 1 aromatic rings. The van der Waals surface area contributed by atoms with Crippen LogP contribution in [0.4, 0.5) is 0 Å². The number of methoxy groups -OCH3 is 1. The molecule has 0 saturated carbocycles. The van der Waals surface area contributed by atoms with E-state index in [4.69, 9.17) is 4.74 Å². The fourth-order valence-electron chi connectivity index (χ4n) is 1.63. The summed E-state index contributed by atoms with van der Waals surface area (Å²) in [5, 5.41) is 3.26. The molecule has 0 aliphatic heterocycles. The van der Waals surface area contributed by atoms with Gasteiger partial charge in [-0.3, -0.25) is 5.32 Å². The lowest BCUT2D eigenvalue weighted by Crippen LogP contribution is -2.36. The Kier molecular flexibility index (Phi) is 5.15.